The van der Waals surface area contributed by atoms with Crippen molar-refractivity contribution in [3.05, 3.63) is 35.4 Å². The van der Waals surface area contributed by atoms with Crippen molar-refractivity contribution in [1.29, 1.82) is 5.26 Å². The molecule has 7 heteroatoms. The summed E-state index contributed by atoms with van der Waals surface area (Å²) in [6.07, 6.45) is 0.211. The summed E-state index contributed by atoms with van der Waals surface area (Å²) in [5.74, 6) is 0. The first kappa shape index (κ1) is 17.9. The lowest BCUT2D eigenvalue weighted by Crippen LogP contribution is -2.52. The van der Waals surface area contributed by atoms with E-state index in [2.05, 4.69) is 24.0 Å². The lowest BCUT2D eigenvalue weighted by atomic mass is 10.1. The Kier molecular flexibility index (Phi) is 6.13. The largest absolute Gasteiger partial charge is 0.296 e. The van der Waals surface area contributed by atoms with E-state index in [1.807, 2.05) is 18.2 Å². The van der Waals surface area contributed by atoms with Crippen molar-refractivity contribution >= 4 is 10.2 Å². The smallest absolute Gasteiger partial charge is 0.281 e. The maximum Gasteiger partial charge on any atom is 0.281 e. The van der Waals surface area contributed by atoms with Crippen LogP contribution < -0.4 is 0 Å². The number of piperazine rings is 1. The Hall–Kier alpha value is -1.46. The summed E-state index contributed by atoms with van der Waals surface area (Å²) < 4.78 is 27.7. The van der Waals surface area contributed by atoms with Crippen LogP contribution in [-0.4, -0.2) is 61.7 Å². The molecule has 1 aromatic carbocycles. The number of hydrogen-bond donors (Lipinski definition) is 0. The summed E-state index contributed by atoms with van der Waals surface area (Å²) in [5, 5.41) is 8.60. The van der Waals surface area contributed by atoms with Crippen molar-refractivity contribution in [2.24, 2.45) is 0 Å². The molecule has 0 aliphatic carbocycles. The molecule has 23 heavy (non-hydrogen) atoms. The van der Waals surface area contributed by atoms with Gasteiger partial charge in [0, 0.05) is 52.7 Å². The second kappa shape index (κ2) is 7.88. The molecule has 0 unspecified atom stereocenters. The molecule has 0 radical (unpaired) electrons. The molecular weight excluding hydrogens is 312 g/mol. The Bertz CT molecular complexity index is 661. The monoisotopic (exact) mass is 336 g/mol. The van der Waals surface area contributed by atoms with Gasteiger partial charge in [-0.05, 0) is 18.1 Å². The summed E-state index contributed by atoms with van der Waals surface area (Å²) in [6.45, 7) is 5.61. The third-order valence-corrected chi connectivity index (χ3v) is 6.23. The van der Waals surface area contributed by atoms with E-state index in [-0.39, 0.29) is 13.0 Å². The van der Waals surface area contributed by atoms with Gasteiger partial charge in [-0.25, -0.2) is 0 Å². The Labute approximate surface area is 139 Å². The first-order chi connectivity index (χ1) is 10.9. The Morgan fingerprint density at radius 1 is 1.22 bits per heavy atom. The molecule has 0 N–H and O–H groups in total. The molecule has 2 rings (SSSR count). The van der Waals surface area contributed by atoms with Crippen molar-refractivity contribution < 1.29 is 8.42 Å². The molecule has 0 spiro atoms. The predicted molar refractivity (Wildman–Crippen MR) is 89.8 cm³/mol. The fourth-order valence-corrected chi connectivity index (χ4v) is 4.01. The van der Waals surface area contributed by atoms with Gasteiger partial charge in [0.25, 0.3) is 10.2 Å². The highest BCUT2D eigenvalue weighted by Gasteiger charge is 2.30. The highest BCUT2D eigenvalue weighted by atomic mass is 32.2. The van der Waals surface area contributed by atoms with Crippen molar-refractivity contribution in [2.75, 3.05) is 39.8 Å². The van der Waals surface area contributed by atoms with Gasteiger partial charge >= 0.3 is 0 Å². The molecular formula is C16H24N4O2S. The average Bonchev–Trinajstić information content (AvgIpc) is 2.55. The van der Waals surface area contributed by atoms with Crippen LogP contribution in [-0.2, 0) is 16.8 Å². The van der Waals surface area contributed by atoms with Crippen molar-refractivity contribution in [3.63, 3.8) is 0 Å². The first-order valence-electron chi connectivity index (χ1n) is 7.80. The van der Waals surface area contributed by atoms with Crippen molar-refractivity contribution in [3.8, 4) is 6.07 Å². The van der Waals surface area contributed by atoms with Crippen LogP contribution in [0.2, 0.25) is 0 Å². The summed E-state index contributed by atoms with van der Waals surface area (Å²) in [7, 11) is -1.92. The van der Waals surface area contributed by atoms with Gasteiger partial charge < -0.3 is 0 Å². The molecule has 1 aliphatic rings. The molecule has 0 aromatic heterocycles. The molecule has 126 valence electrons. The SMILES string of the molecule is Cc1ccccc1CN1CCN(S(=O)(=O)N(C)CCC#N)CC1. The minimum Gasteiger partial charge on any atom is -0.296 e. The van der Waals surface area contributed by atoms with Gasteiger partial charge in [0.2, 0.25) is 0 Å². The van der Waals surface area contributed by atoms with Crippen LogP contribution in [0.25, 0.3) is 0 Å². The molecule has 1 fully saturated rings. The predicted octanol–water partition coefficient (Wildman–Crippen LogP) is 1.20. The Morgan fingerprint density at radius 3 is 2.48 bits per heavy atom. The summed E-state index contributed by atoms with van der Waals surface area (Å²) >= 11 is 0. The first-order valence-corrected chi connectivity index (χ1v) is 9.20. The summed E-state index contributed by atoms with van der Waals surface area (Å²) in [6, 6.07) is 10.3. The lowest BCUT2D eigenvalue weighted by molar-refractivity contribution is 0.176. The lowest BCUT2D eigenvalue weighted by Gasteiger charge is -2.35. The third kappa shape index (κ3) is 4.52. The van der Waals surface area contributed by atoms with E-state index in [0.29, 0.717) is 13.1 Å². The van der Waals surface area contributed by atoms with E-state index >= 15 is 0 Å². The van der Waals surface area contributed by atoms with Gasteiger partial charge in [-0.1, -0.05) is 24.3 Å². The van der Waals surface area contributed by atoms with Crippen LogP contribution in [0.5, 0.6) is 0 Å². The maximum absolute atomic E-state index is 12.4. The molecule has 1 heterocycles. The van der Waals surface area contributed by atoms with Crippen LogP contribution in [0.4, 0.5) is 0 Å². The fourth-order valence-electron chi connectivity index (χ4n) is 2.67. The quantitative estimate of drug-likeness (QED) is 0.783. The topological polar surface area (TPSA) is 67.7 Å². The van der Waals surface area contributed by atoms with E-state index in [0.717, 1.165) is 19.6 Å². The molecule has 1 aliphatic heterocycles. The zero-order valence-electron chi connectivity index (χ0n) is 13.8. The van der Waals surface area contributed by atoms with Crippen molar-refractivity contribution in [2.45, 2.75) is 19.9 Å². The van der Waals surface area contributed by atoms with E-state index in [4.69, 9.17) is 5.26 Å². The maximum atomic E-state index is 12.4. The van der Waals surface area contributed by atoms with Crippen LogP contribution in [0.3, 0.4) is 0 Å². The summed E-state index contributed by atoms with van der Waals surface area (Å²) in [4.78, 5) is 2.28. The highest BCUT2D eigenvalue weighted by molar-refractivity contribution is 7.86. The van der Waals surface area contributed by atoms with Crippen LogP contribution in [0.15, 0.2) is 24.3 Å². The Morgan fingerprint density at radius 2 is 1.87 bits per heavy atom. The molecule has 0 bridgehead atoms. The molecule has 1 aromatic rings. The zero-order valence-corrected chi connectivity index (χ0v) is 14.6. The van der Waals surface area contributed by atoms with E-state index < -0.39 is 10.2 Å². The highest BCUT2D eigenvalue weighted by Crippen LogP contribution is 2.15. The fraction of sp³-hybridized carbons (Fsp3) is 0.562. The second-order valence-electron chi connectivity index (χ2n) is 5.84. The number of hydrogen-bond acceptors (Lipinski definition) is 4. The number of nitrogens with zero attached hydrogens (tertiary/aromatic N) is 4. The molecule has 6 nitrogen and oxygen atoms in total. The average molecular weight is 336 g/mol. The van der Waals surface area contributed by atoms with Gasteiger partial charge in [-0.3, -0.25) is 4.90 Å². The summed E-state index contributed by atoms with van der Waals surface area (Å²) in [5.41, 5.74) is 2.55. The minimum absolute atomic E-state index is 0.211. The Balaban J connectivity index is 1.91. The molecule has 0 saturated carbocycles. The standard InChI is InChI=1S/C16H24N4O2S/c1-15-6-3-4-7-16(15)14-19-10-12-20(13-11-19)23(21,22)18(2)9-5-8-17/h3-4,6-7H,5,9-14H2,1-2H3. The molecule has 0 amide bonds. The second-order valence-corrected chi connectivity index (χ2v) is 7.87. The van der Waals surface area contributed by atoms with E-state index in [1.54, 1.807) is 0 Å². The number of nitriles is 1. The van der Waals surface area contributed by atoms with E-state index in [9.17, 15) is 8.42 Å². The zero-order chi connectivity index (χ0) is 16.9. The van der Waals surface area contributed by atoms with Gasteiger partial charge in [0.15, 0.2) is 0 Å². The number of aryl methyl sites for hydroxylation is 1. The van der Waals surface area contributed by atoms with Crippen LogP contribution in [0.1, 0.15) is 17.5 Å². The van der Waals surface area contributed by atoms with Crippen LogP contribution in [0, 0.1) is 18.3 Å². The number of rotatable bonds is 6. The van der Waals surface area contributed by atoms with Gasteiger partial charge in [0.1, 0.15) is 0 Å². The number of benzene rings is 1. The van der Waals surface area contributed by atoms with Crippen molar-refractivity contribution in [1.82, 2.24) is 13.5 Å². The van der Waals surface area contributed by atoms with Gasteiger partial charge in [0.05, 0.1) is 6.07 Å². The van der Waals surface area contributed by atoms with Gasteiger partial charge in [-0.15, -0.1) is 0 Å². The molecule has 0 atom stereocenters. The van der Waals surface area contributed by atoms with E-state index in [1.165, 1.54) is 26.8 Å². The van der Waals surface area contributed by atoms with Crippen LogP contribution >= 0.6 is 0 Å². The normalized spacial score (nSPS) is 17.3. The van der Waals surface area contributed by atoms with Gasteiger partial charge in [-0.2, -0.15) is 22.3 Å². The minimum atomic E-state index is -3.45. The third-order valence-electron chi connectivity index (χ3n) is 4.25. The molecule has 1 saturated heterocycles.